The standard InChI is InChI=1S/C17H25N3O5/c1-17(2,3)12-5-6-18-16(20-12)19-10-7-24-15-11(8-25-14(10)15)23-9-13(21)22-4/h5-6,10-11,14-15H,7-9H2,1-4H3,(H,18,19,20). The van der Waals surface area contributed by atoms with Crippen molar-refractivity contribution in [1.29, 1.82) is 0 Å². The van der Waals surface area contributed by atoms with Gasteiger partial charge >= 0.3 is 5.97 Å². The normalized spacial score (nSPS) is 28.6. The van der Waals surface area contributed by atoms with Crippen LogP contribution in [0.3, 0.4) is 0 Å². The van der Waals surface area contributed by atoms with Gasteiger partial charge in [0, 0.05) is 11.6 Å². The maximum absolute atomic E-state index is 11.2. The van der Waals surface area contributed by atoms with Crippen LogP contribution in [0.1, 0.15) is 26.5 Å². The van der Waals surface area contributed by atoms with Crippen molar-refractivity contribution in [2.75, 3.05) is 32.2 Å². The second-order valence-corrected chi connectivity index (χ2v) is 7.29. The fraction of sp³-hybridized carbons (Fsp3) is 0.706. The summed E-state index contributed by atoms with van der Waals surface area (Å²) in [5, 5.41) is 3.30. The third kappa shape index (κ3) is 4.08. The Balaban J connectivity index is 1.60. The molecule has 25 heavy (non-hydrogen) atoms. The number of carbonyl (C=O) groups excluding carboxylic acids is 1. The van der Waals surface area contributed by atoms with Crippen molar-refractivity contribution < 1.29 is 23.7 Å². The Kier molecular flexibility index (Phi) is 5.21. The summed E-state index contributed by atoms with van der Waals surface area (Å²) in [5.41, 5.74) is 0.914. The van der Waals surface area contributed by atoms with Gasteiger partial charge in [0.05, 0.1) is 32.1 Å². The fourth-order valence-electron chi connectivity index (χ4n) is 2.98. The fourth-order valence-corrected chi connectivity index (χ4v) is 2.98. The number of aromatic nitrogens is 2. The minimum Gasteiger partial charge on any atom is -0.467 e. The molecule has 1 aromatic rings. The van der Waals surface area contributed by atoms with Crippen LogP contribution >= 0.6 is 0 Å². The van der Waals surface area contributed by atoms with Crippen LogP contribution in [0.2, 0.25) is 0 Å². The van der Waals surface area contributed by atoms with Crippen molar-refractivity contribution in [1.82, 2.24) is 9.97 Å². The molecule has 2 fully saturated rings. The van der Waals surface area contributed by atoms with Crippen LogP contribution in [0.4, 0.5) is 5.95 Å². The van der Waals surface area contributed by atoms with Crippen molar-refractivity contribution >= 4 is 11.9 Å². The van der Waals surface area contributed by atoms with E-state index >= 15 is 0 Å². The lowest BCUT2D eigenvalue weighted by atomic mass is 9.92. The van der Waals surface area contributed by atoms with Crippen LogP contribution in [0, 0.1) is 0 Å². The molecule has 1 N–H and O–H groups in total. The average Bonchev–Trinajstić information content (AvgIpc) is 3.15. The van der Waals surface area contributed by atoms with Gasteiger partial charge in [0.25, 0.3) is 0 Å². The van der Waals surface area contributed by atoms with Crippen molar-refractivity contribution in [2.24, 2.45) is 0 Å². The van der Waals surface area contributed by atoms with Crippen molar-refractivity contribution in [3.8, 4) is 0 Å². The van der Waals surface area contributed by atoms with Gasteiger partial charge in [-0.3, -0.25) is 0 Å². The smallest absolute Gasteiger partial charge is 0.331 e. The van der Waals surface area contributed by atoms with Crippen LogP contribution in [-0.4, -0.2) is 67.2 Å². The maximum atomic E-state index is 11.2. The molecule has 0 saturated carbocycles. The number of esters is 1. The van der Waals surface area contributed by atoms with Gasteiger partial charge in [-0.25, -0.2) is 14.8 Å². The summed E-state index contributed by atoms with van der Waals surface area (Å²) in [6.45, 7) is 7.07. The molecular formula is C17H25N3O5. The lowest BCUT2D eigenvalue weighted by Crippen LogP contribution is -2.37. The first kappa shape index (κ1) is 18.0. The summed E-state index contributed by atoms with van der Waals surface area (Å²) in [7, 11) is 1.33. The average molecular weight is 351 g/mol. The Labute approximate surface area is 147 Å². The molecule has 0 aliphatic carbocycles. The Hall–Kier alpha value is -1.77. The number of anilines is 1. The molecule has 0 bridgehead atoms. The number of rotatable bonds is 5. The van der Waals surface area contributed by atoms with E-state index in [-0.39, 0.29) is 36.4 Å². The highest BCUT2D eigenvalue weighted by Crippen LogP contribution is 2.30. The molecule has 1 aromatic heterocycles. The van der Waals surface area contributed by atoms with Gasteiger partial charge in [-0.1, -0.05) is 20.8 Å². The van der Waals surface area contributed by atoms with E-state index in [0.717, 1.165) is 5.69 Å². The van der Waals surface area contributed by atoms with Crippen molar-refractivity contribution in [3.05, 3.63) is 18.0 Å². The zero-order valence-electron chi connectivity index (χ0n) is 15.0. The highest BCUT2D eigenvalue weighted by molar-refractivity contribution is 5.70. The van der Waals surface area contributed by atoms with Gasteiger partial charge in [0.2, 0.25) is 5.95 Å². The van der Waals surface area contributed by atoms with E-state index in [2.05, 4.69) is 40.8 Å². The highest BCUT2D eigenvalue weighted by atomic mass is 16.6. The van der Waals surface area contributed by atoms with Gasteiger partial charge in [-0.05, 0) is 6.07 Å². The topological polar surface area (TPSA) is 91.8 Å². The van der Waals surface area contributed by atoms with Gasteiger partial charge in [-0.15, -0.1) is 0 Å². The van der Waals surface area contributed by atoms with Crippen LogP contribution in [0.5, 0.6) is 0 Å². The molecule has 4 atom stereocenters. The largest absolute Gasteiger partial charge is 0.467 e. The van der Waals surface area contributed by atoms with Crippen LogP contribution in [-0.2, 0) is 29.2 Å². The summed E-state index contributed by atoms with van der Waals surface area (Å²) in [6.07, 6.45) is 1.09. The number of nitrogens with one attached hydrogen (secondary N) is 1. The maximum Gasteiger partial charge on any atom is 0.331 e. The first-order chi connectivity index (χ1) is 11.9. The molecule has 3 heterocycles. The molecule has 3 rings (SSSR count). The van der Waals surface area contributed by atoms with Crippen LogP contribution in [0.25, 0.3) is 0 Å². The Morgan fingerprint density at radius 2 is 2.08 bits per heavy atom. The molecule has 4 unspecified atom stereocenters. The Morgan fingerprint density at radius 1 is 1.32 bits per heavy atom. The number of methoxy groups -OCH3 is 1. The third-order valence-electron chi connectivity index (χ3n) is 4.39. The van der Waals surface area contributed by atoms with E-state index in [1.165, 1.54) is 7.11 Å². The Bertz CT molecular complexity index is 619. The van der Waals surface area contributed by atoms with E-state index in [4.69, 9.17) is 14.2 Å². The van der Waals surface area contributed by atoms with Crippen molar-refractivity contribution in [3.63, 3.8) is 0 Å². The predicted octanol–water partition coefficient (Wildman–Crippen LogP) is 0.910. The summed E-state index contributed by atoms with van der Waals surface area (Å²) in [5.74, 6) is 0.146. The quantitative estimate of drug-likeness (QED) is 0.783. The molecule has 2 saturated heterocycles. The zero-order chi connectivity index (χ0) is 18.0. The summed E-state index contributed by atoms with van der Waals surface area (Å²) < 4.78 is 21.8. The molecule has 8 nitrogen and oxygen atoms in total. The summed E-state index contributed by atoms with van der Waals surface area (Å²) in [6, 6.07) is 1.86. The molecule has 8 heteroatoms. The third-order valence-corrected chi connectivity index (χ3v) is 4.39. The second kappa shape index (κ2) is 7.23. The summed E-state index contributed by atoms with van der Waals surface area (Å²) >= 11 is 0. The lowest BCUT2D eigenvalue weighted by molar-refractivity contribution is -0.149. The van der Waals surface area contributed by atoms with Gasteiger partial charge in [0.15, 0.2) is 0 Å². The molecule has 0 aromatic carbocycles. The molecule has 0 amide bonds. The van der Waals surface area contributed by atoms with Gasteiger partial charge in [-0.2, -0.15) is 0 Å². The van der Waals surface area contributed by atoms with Gasteiger partial charge < -0.3 is 24.3 Å². The summed E-state index contributed by atoms with van der Waals surface area (Å²) in [4.78, 5) is 20.1. The molecular weight excluding hydrogens is 326 g/mol. The first-order valence-corrected chi connectivity index (χ1v) is 8.40. The minimum absolute atomic E-state index is 0.0508. The zero-order valence-corrected chi connectivity index (χ0v) is 15.0. The van der Waals surface area contributed by atoms with E-state index in [1.807, 2.05) is 6.07 Å². The van der Waals surface area contributed by atoms with E-state index < -0.39 is 5.97 Å². The number of ether oxygens (including phenoxy) is 4. The molecule has 2 aliphatic rings. The number of fused-ring (bicyclic) bond motifs is 1. The minimum atomic E-state index is -0.413. The Morgan fingerprint density at radius 3 is 2.80 bits per heavy atom. The number of hydrogen-bond donors (Lipinski definition) is 1. The second-order valence-electron chi connectivity index (χ2n) is 7.29. The van der Waals surface area contributed by atoms with Crippen LogP contribution < -0.4 is 5.32 Å². The number of nitrogens with zero attached hydrogens (tertiary/aromatic N) is 2. The van der Waals surface area contributed by atoms with Crippen molar-refractivity contribution in [2.45, 2.75) is 50.5 Å². The van der Waals surface area contributed by atoms with Crippen LogP contribution in [0.15, 0.2) is 12.3 Å². The van der Waals surface area contributed by atoms with E-state index in [0.29, 0.717) is 19.2 Å². The number of hydrogen-bond acceptors (Lipinski definition) is 8. The highest BCUT2D eigenvalue weighted by Gasteiger charge is 2.48. The SMILES string of the molecule is COC(=O)COC1COC2C(Nc3nccc(C(C)(C)C)n3)COC12. The molecule has 138 valence electrons. The van der Waals surface area contributed by atoms with E-state index in [9.17, 15) is 4.79 Å². The number of carbonyl (C=O) groups is 1. The molecule has 0 spiro atoms. The first-order valence-electron chi connectivity index (χ1n) is 8.40. The molecule has 2 aliphatic heterocycles. The van der Waals surface area contributed by atoms with E-state index in [1.54, 1.807) is 6.20 Å². The van der Waals surface area contributed by atoms with Gasteiger partial charge in [0.1, 0.15) is 24.9 Å². The monoisotopic (exact) mass is 351 g/mol. The predicted molar refractivity (Wildman–Crippen MR) is 89.4 cm³/mol. The molecule has 0 radical (unpaired) electrons. The lowest BCUT2D eigenvalue weighted by Gasteiger charge is -2.20.